The number of nitrogens with one attached hydrogen (secondary N) is 1. The molecule has 1 N–H and O–H groups in total. The Hall–Kier alpha value is -2.01. The van der Waals surface area contributed by atoms with Gasteiger partial charge in [-0.1, -0.05) is 25.4 Å². The molecule has 0 aliphatic rings. The van der Waals surface area contributed by atoms with Crippen molar-refractivity contribution in [2.75, 3.05) is 12.4 Å². The summed E-state index contributed by atoms with van der Waals surface area (Å²) >= 11 is 6.03. The molecular weight excluding hydrogens is 292 g/mol. The highest BCUT2D eigenvalue weighted by Gasteiger charge is 2.21. The van der Waals surface area contributed by atoms with Crippen LogP contribution in [0.1, 0.15) is 41.9 Å². The number of anilines is 1. The molecule has 6 heteroatoms. The Kier molecular flexibility index (Phi) is 4.53. The molecule has 5 nitrogen and oxygen atoms in total. The average molecular weight is 309 g/mol. The lowest BCUT2D eigenvalue weighted by Gasteiger charge is -2.08. The average Bonchev–Trinajstić information content (AvgIpc) is 2.81. The number of hydrogen-bond acceptors (Lipinski definition) is 4. The minimum Gasteiger partial charge on any atom is -0.495 e. The van der Waals surface area contributed by atoms with Gasteiger partial charge in [-0.3, -0.25) is 4.79 Å². The van der Waals surface area contributed by atoms with Crippen molar-refractivity contribution in [1.29, 1.82) is 0 Å². The number of rotatable bonds is 4. The van der Waals surface area contributed by atoms with Crippen LogP contribution in [0.4, 0.5) is 5.69 Å². The van der Waals surface area contributed by atoms with Crippen LogP contribution < -0.4 is 10.1 Å². The number of oxazole rings is 1. The molecule has 0 saturated heterocycles. The van der Waals surface area contributed by atoms with Gasteiger partial charge in [-0.25, -0.2) is 4.98 Å². The molecule has 0 saturated carbocycles. The van der Waals surface area contributed by atoms with E-state index >= 15 is 0 Å². The number of carbonyl (C=O) groups is 1. The molecule has 0 unspecified atom stereocenters. The van der Waals surface area contributed by atoms with Crippen molar-refractivity contribution in [2.45, 2.75) is 26.7 Å². The molecule has 1 amide bonds. The van der Waals surface area contributed by atoms with E-state index in [1.165, 1.54) is 7.11 Å². The van der Waals surface area contributed by atoms with Gasteiger partial charge in [0.25, 0.3) is 5.91 Å². The number of aryl methyl sites for hydroxylation is 1. The summed E-state index contributed by atoms with van der Waals surface area (Å²) in [5, 5.41) is 3.17. The summed E-state index contributed by atoms with van der Waals surface area (Å²) < 4.78 is 10.5. The standard InChI is InChI=1S/C15H17ClN2O3/c1-8(2)13-14(21-9(3)17-13)15(19)18-10-5-6-12(20-4)11(16)7-10/h5-8H,1-4H3,(H,18,19). The van der Waals surface area contributed by atoms with E-state index in [4.69, 9.17) is 20.8 Å². The maximum absolute atomic E-state index is 12.3. The molecule has 21 heavy (non-hydrogen) atoms. The van der Waals surface area contributed by atoms with E-state index in [1.54, 1.807) is 25.1 Å². The molecular formula is C15H17ClN2O3. The van der Waals surface area contributed by atoms with Crippen LogP contribution in [-0.4, -0.2) is 18.0 Å². The summed E-state index contributed by atoms with van der Waals surface area (Å²) in [4.78, 5) is 16.5. The molecule has 0 aliphatic heterocycles. The number of nitrogens with zero attached hydrogens (tertiary/aromatic N) is 1. The lowest BCUT2D eigenvalue weighted by molar-refractivity contribution is 0.0993. The summed E-state index contributed by atoms with van der Waals surface area (Å²) in [6.07, 6.45) is 0. The zero-order valence-corrected chi connectivity index (χ0v) is 13.1. The molecule has 2 aromatic rings. The maximum Gasteiger partial charge on any atom is 0.293 e. The second-order valence-corrected chi connectivity index (χ2v) is 5.31. The molecule has 2 rings (SSSR count). The lowest BCUT2D eigenvalue weighted by atomic mass is 10.1. The second kappa shape index (κ2) is 6.18. The van der Waals surface area contributed by atoms with E-state index in [0.717, 1.165) is 0 Å². The summed E-state index contributed by atoms with van der Waals surface area (Å²) in [6, 6.07) is 5.02. The zero-order valence-electron chi connectivity index (χ0n) is 12.4. The Morgan fingerprint density at radius 1 is 1.43 bits per heavy atom. The van der Waals surface area contributed by atoms with Crippen LogP contribution in [0.2, 0.25) is 5.02 Å². The van der Waals surface area contributed by atoms with E-state index in [1.807, 2.05) is 13.8 Å². The van der Waals surface area contributed by atoms with Crippen molar-refractivity contribution in [3.63, 3.8) is 0 Å². The summed E-state index contributed by atoms with van der Waals surface area (Å²) in [5.41, 5.74) is 1.21. The van der Waals surface area contributed by atoms with Gasteiger partial charge in [-0.15, -0.1) is 0 Å². The topological polar surface area (TPSA) is 64.4 Å². The van der Waals surface area contributed by atoms with Gasteiger partial charge in [0.05, 0.1) is 17.8 Å². The first-order valence-electron chi connectivity index (χ1n) is 6.54. The van der Waals surface area contributed by atoms with Crippen LogP contribution in [0.3, 0.4) is 0 Å². The third-order valence-corrected chi connectivity index (χ3v) is 3.22. The van der Waals surface area contributed by atoms with E-state index in [-0.39, 0.29) is 17.6 Å². The number of methoxy groups -OCH3 is 1. The lowest BCUT2D eigenvalue weighted by Crippen LogP contribution is -2.13. The van der Waals surface area contributed by atoms with Crippen LogP contribution in [-0.2, 0) is 0 Å². The highest BCUT2D eigenvalue weighted by atomic mass is 35.5. The van der Waals surface area contributed by atoms with Crippen LogP contribution in [0, 0.1) is 6.92 Å². The van der Waals surface area contributed by atoms with Gasteiger partial charge in [0.15, 0.2) is 5.89 Å². The molecule has 0 atom stereocenters. The first-order chi connectivity index (χ1) is 9.92. The van der Waals surface area contributed by atoms with Crippen molar-refractivity contribution in [3.05, 3.63) is 40.6 Å². The van der Waals surface area contributed by atoms with Crippen LogP contribution in [0.25, 0.3) is 0 Å². The number of aromatic nitrogens is 1. The monoisotopic (exact) mass is 308 g/mol. The third kappa shape index (κ3) is 3.36. The van der Waals surface area contributed by atoms with Gasteiger partial charge in [-0.05, 0) is 24.1 Å². The van der Waals surface area contributed by atoms with Gasteiger partial charge >= 0.3 is 0 Å². The van der Waals surface area contributed by atoms with Gasteiger partial charge in [0.1, 0.15) is 5.75 Å². The Labute approximate surface area is 128 Å². The largest absolute Gasteiger partial charge is 0.495 e. The quantitative estimate of drug-likeness (QED) is 0.926. The molecule has 1 aromatic carbocycles. The third-order valence-electron chi connectivity index (χ3n) is 2.92. The Bertz CT molecular complexity index is 665. The number of halogens is 1. The number of ether oxygens (including phenoxy) is 1. The van der Waals surface area contributed by atoms with E-state index in [0.29, 0.717) is 28.0 Å². The van der Waals surface area contributed by atoms with E-state index in [9.17, 15) is 4.79 Å². The molecule has 1 heterocycles. The number of carbonyl (C=O) groups excluding carboxylic acids is 1. The summed E-state index contributed by atoms with van der Waals surface area (Å²) in [5.74, 6) is 1.00. The van der Waals surface area contributed by atoms with Gasteiger partial charge in [0.2, 0.25) is 5.76 Å². The predicted octanol–water partition coefficient (Wildman–Crippen LogP) is 4.02. The van der Waals surface area contributed by atoms with Crippen LogP contribution >= 0.6 is 11.6 Å². The zero-order chi connectivity index (χ0) is 15.6. The smallest absolute Gasteiger partial charge is 0.293 e. The predicted molar refractivity (Wildman–Crippen MR) is 81.3 cm³/mol. The fourth-order valence-corrected chi connectivity index (χ4v) is 2.19. The van der Waals surface area contributed by atoms with Crippen molar-refractivity contribution in [1.82, 2.24) is 4.98 Å². The van der Waals surface area contributed by atoms with Gasteiger partial charge < -0.3 is 14.5 Å². The van der Waals surface area contributed by atoms with Crippen molar-refractivity contribution >= 4 is 23.2 Å². The minimum absolute atomic E-state index is 0.0997. The van der Waals surface area contributed by atoms with Crippen molar-refractivity contribution in [3.8, 4) is 5.75 Å². The SMILES string of the molecule is COc1ccc(NC(=O)c2oc(C)nc2C(C)C)cc1Cl. The molecule has 1 aromatic heterocycles. The number of amides is 1. The highest BCUT2D eigenvalue weighted by molar-refractivity contribution is 6.32. The fraction of sp³-hybridized carbons (Fsp3) is 0.333. The van der Waals surface area contributed by atoms with Crippen LogP contribution in [0.5, 0.6) is 5.75 Å². The first-order valence-corrected chi connectivity index (χ1v) is 6.92. The van der Waals surface area contributed by atoms with Crippen molar-refractivity contribution in [2.24, 2.45) is 0 Å². The van der Waals surface area contributed by atoms with Gasteiger partial charge in [0, 0.05) is 12.6 Å². The van der Waals surface area contributed by atoms with Gasteiger partial charge in [-0.2, -0.15) is 0 Å². The first kappa shape index (κ1) is 15.4. The van der Waals surface area contributed by atoms with E-state index in [2.05, 4.69) is 10.3 Å². The molecule has 0 fully saturated rings. The normalized spacial score (nSPS) is 10.8. The molecule has 112 valence electrons. The Morgan fingerprint density at radius 3 is 2.71 bits per heavy atom. The van der Waals surface area contributed by atoms with Crippen molar-refractivity contribution < 1.29 is 13.9 Å². The fourth-order valence-electron chi connectivity index (χ4n) is 1.93. The molecule has 0 radical (unpaired) electrons. The highest BCUT2D eigenvalue weighted by Crippen LogP contribution is 2.28. The van der Waals surface area contributed by atoms with Crippen LogP contribution in [0.15, 0.2) is 22.6 Å². The maximum atomic E-state index is 12.3. The number of hydrogen-bond donors (Lipinski definition) is 1. The number of benzene rings is 1. The van der Waals surface area contributed by atoms with E-state index < -0.39 is 0 Å². The molecule has 0 bridgehead atoms. The Balaban J connectivity index is 2.24. The molecule has 0 aliphatic carbocycles. The summed E-state index contributed by atoms with van der Waals surface area (Å²) in [6.45, 7) is 5.63. The molecule has 0 spiro atoms. The Morgan fingerprint density at radius 2 is 2.14 bits per heavy atom. The minimum atomic E-state index is -0.347. The summed E-state index contributed by atoms with van der Waals surface area (Å²) in [7, 11) is 1.53. The second-order valence-electron chi connectivity index (χ2n) is 4.91.